The van der Waals surface area contributed by atoms with E-state index in [1.54, 1.807) is 17.0 Å². The zero-order valence-corrected chi connectivity index (χ0v) is 14.0. The van der Waals surface area contributed by atoms with Crippen LogP contribution in [-0.4, -0.2) is 24.0 Å². The number of methoxy groups -OCH3 is 1. The molecule has 3 rings (SSSR count). The van der Waals surface area contributed by atoms with Crippen LogP contribution in [-0.2, 0) is 0 Å². The van der Waals surface area contributed by atoms with Gasteiger partial charge in [-0.1, -0.05) is 25.1 Å². The molecule has 2 aromatic rings. The Hall–Kier alpha value is -2.56. The summed E-state index contributed by atoms with van der Waals surface area (Å²) in [7, 11) is 1.43. The van der Waals surface area contributed by atoms with Crippen molar-refractivity contribution in [3.8, 4) is 5.75 Å². The Morgan fingerprint density at radius 3 is 2.71 bits per heavy atom. The average molecular weight is 328 g/mol. The van der Waals surface area contributed by atoms with E-state index >= 15 is 0 Å². The van der Waals surface area contributed by atoms with Crippen molar-refractivity contribution in [2.75, 3.05) is 12.4 Å². The second-order valence-corrected chi connectivity index (χ2v) is 5.96. The van der Waals surface area contributed by atoms with Crippen molar-refractivity contribution in [2.24, 2.45) is 0 Å². The average Bonchev–Trinajstić information content (AvgIpc) is 2.61. The lowest BCUT2D eigenvalue weighted by atomic mass is 10.0. The van der Waals surface area contributed by atoms with Gasteiger partial charge >= 0.3 is 0 Å². The van der Waals surface area contributed by atoms with Crippen LogP contribution >= 0.6 is 0 Å². The predicted molar refractivity (Wildman–Crippen MR) is 91.7 cm³/mol. The van der Waals surface area contributed by atoms with Crippen molar-refractivity contribution in [2.45, 2.75) is 32.5 Å². The van der Waals surface area contributed by atoms with E-state index in [2.05, 4.69) is 5.32 Å². The maximum Gasteiger partial charge on any atom is 0.258 e. The van der Waals surface area contributed by atoms with Crippen LogP contribution < -0.4 is 10.1 Å². The predicted octanol–water partition coefficient (Wildman–Crippen LogP) is 4.20. The maximum atomic E-state index is 14.2. The highest BCUT2D eigenvalue weighted by atomic mass is 19.1. The van der Waals surface area contributed by atoms with Crippen LogP contribution in [0, 0.1) is 5.82 Å². The number of para-hydroxylation sites is 1. The van der Waals surface area contributed by atoms with E-state index < -0.39 is 12.0 Å². The van der Waals surface area contributed by atoms with Crippen LogP contribution in [0.1, 0.15) is 42.4 Å². The number of fused-ring (bicyclic) bond motifs is 1. The van der Waals surface area contributed by atoms with Crippen LogP contribution in [0.2, 0.25) is 0 Å². The van der Waals surface area contributed by atoms with Gasteiger partial charge in [-0.3, -0.25) is 4.79 Å². The molecule has 1 amide bonds. The summed E-state index contributed by atoms with van der Waals surface area (Å²) in [6.07, 6.45) is 0.396. The second kappa shape index (κ2) is 6.51. The van der Waals surface area contributed by atoms with Crippen LogP contribution in [0.5, 0.6) is 5.75 Å². The van der Waals surface area contributed by atoms with Gasteiger partial charge in [0.05, 0.1) is 12.7 Å². The van der Waals surface area contributed by atoms with Gasteiger partial charge in [0.1, 0.15) is 6.17 Å². The first-order valence-corrected chi connectivity index (χ1v) is 8.08. The molecule has 2 atom stereocenters. The third-order valence-corrected chi connectivity index (χ3v) is 4.52. The summed E-state index contributed by atoms with van der Waals surface area (Å²) in [5.74, 6) is -0.288. The number of rotatable bonds is 4. The van der Waals surface area contributed by atoms with Gasteiger partial charge < -0.3 is 15.0 Å². The lowest BCUT2D eigenvalue weighted by Crippen LogP contribution is -2.47. The smallest absolute Gasteiger partial charge is 0.258 e. The number of nitrogens with one attached hydrogen (secondary N) is 1. The number of anilines is 1. The van der Waals surface area contributed by atoms with E-state index in [0.29, 0.717) is 11.1 Å². The molecular weight excluding hydrogens is 307 g/mol. The van der Waals surface area contributed by atoms with Gasteiger partial charge in [0.25, 0.3) is 5.91 Å². The number of carbonyl (C=O) groups is 1. The fourth-order valence-corrected chi connectivity index (χ4v) is 3.02. The zero-order valence-electron chi connectivity index (χ0n) is 14.0. The van der Waals surface area contributed by atoms with Crippen molar-refractivity contribution in [1.82, 2.24) is 4.90 Å². The van der Waals surface area contributed by atoms with Gasteiger partial charge in [-0.05, 0) is 43.2 Å². The molecule has 0 aliphatic carbocycles. The highest BCUT2D eigenvalue weighted by molar-refractivity contribution is 6.01. The Morgan fingerprint density at radius 2 is 2.04 bits per heavy atom. The maximum absolute atomic E-state index is 14.2. The van der Waals surface area contributed by atoms with Crippen LogP contribution in [0.25, 0.3) is 0 Å². The lowest BCUT2D eigenvalue weighted by Gasteiger charge is -2.41. The van der Waals surface area contributed by atoms with Gasteiger partial charge in [-0.2, -0.15) is 0 Å². The highest BCUT2D eigenvalue weighted by Crippen LogP contribution is 2.36. The van der Waals surface area contributed by atoms with Crippen LogP contribution in [0.15, 0.2) is 42.5 Å². The summed E-state index contributed by atoms with van der Waals surface area (Å²) in [4.78, 5) is 14.8. The van der Waals surface area contributed by atoms with E-state index in [4.69, 9.17) is 4.74 Å². The van der Waals surface area contributed by atoms with E-state index in [-0.39, 0.29) is 17.7 Å². The second-order valence-electron chi connectivity index (χ2n) is 5.96. The first-order chi connectivity index (χ1) is 11.6. The molecule has 126 valence electrons. The molecule has 4 nitrogen and oxygen atoms in total. The third-order valence-electron chi connectivity index (χ3n) is 4.52. The van der Waals surface area contributed by atoms with Gasteiger partial charge in [0.2, 0.25) is 0 Å². The summed E-state index contributed by atoms with van der Waals surface area (Å²) in [6.45, 7) is 4.03. The molecule has 1 N–H and O–H groups in total. The molecule has 0 spiro atoms. The molecule has 0 unspecified atom stereocenters. The molecule has 2 aromatic carbocycles. The summed E-state index contributed by atoms with van der Waals surface area (Å²) in [5.41, 5.74) is 2.10. The summed E-state index contributed by atoms with van der Waals surface area (Å²) < 4.78 is 19.1. The minimum atomic E-state index is -0.438. The fourth-order valence-electron chi connectivity index (χ4n) is 3.02. The molecule has 0 saturated carbocycles. The number of hydrogen-bond acceptors (Lipinski definition) is 3. The van der Waals surface area contributed by atoms with E-state index in [0.717, 1.165) is 12.1 Å². The monoisotopic (exact) mass is 328 g/mol. The van der Waals surface area contributed by atoms with Gasteiger partial charge in [-0.15, -0.1) is 0 Å². The van der Waals surface area contributed by atoms with Crippen LogP contribution in [0.3, 0.4) is 0 Å². The Balaban J connectivity index is 2.07. The van der Waals surface area contributed by atoms with Crippen molar-refractivity contribution >= 4 is 11.6 Å². The summed E-state index contributed by atoms with van der Waals surface area (Å²) >= 11 is 0. The molecule has 5 heteroatoms. The molecule has 1 aliphatic rings. The first kappa shape index (κ1) is 16.3. The van der Waals surface area contributed by atoms with Crippen molar-refractivity contribution in [3.05, 3.63) is 59.4 Å². The van der Waals surface area contributed by atoms with Crippen molar-refractivity contribution in [1.29, 1.82) is 0 Å². The summed E-state index contributed by atoms with van der Waals surface area (Å²) in [6, 6.07) is 12.2. The topological polar surface area (TPSA) is 41.6 Å². The number of amides is 1. The van der Waals surface area contributed by atoms with Gasteiger partial charge in [-0.25, -0.2) is 4.39 Å². The highest BCUT2D eigenvalue weighted by Gasteiger charge is 2.35. The molecule has 24 heavy (non-hydrogen) atoms. The molecule has 1 aliphatic heterocycles. The van der Waals surface area contributed by atoms with Crippen molar-refractivity contribution in [3.63, 3.8) is 0 Å². The number of benzene rings is 2. The van der Waals surface area contributed by atoms with E-state index in [1.165, 1.54) is 13.2 Å². The van der Waals surface area contributed by atoms with Crippen LogP contribution in [0.4, 0.5) is 10.1 Å². The molecule has 1 heterocycles. The molecule has 0 saturated heterocycles. The quantitative estimate of drug-likeness (QED) is 0.914. The Kier molecular flexibility index (Phi) is 4.42. The number of nitrogens with zero attached hydrogens (tertiary/aromatic N) is 1. The van der Waals surface area contributed by atoms with E-state index in [9.17, 15) is 9.18 Å². The first-order valence-electron chi connectivity index (χ1n) is 8.08. The molecular formula is C19H21FN2O2. The lowest BCUT2D eigenvalue weighted by molar-refractivity contribution is 0.0593. The van der Waals surface area contributed by atoms with Gasteiger partial charge in [0.15, 0.2) is 11.6 Å². The Morgan fingerprint density at radius 1 is 1.29 bits per heavy atom. The van der Waals surface area contributed by atoms with Crippen molar-refractivity contribution < 1.29 is 13.9 Å². The third kappa shape index (κ3) is 2.70. The number of halogens is 1. The fraction of sp³-hybridized carbons (Fsp3) is 0.316. The molecule has 0 aromatic heterocycles. The number of hydrogen-bond donors (Lipinski definition) is 1. The molecule has 0 bridgehead atoms. The zero-order chi connectivity index (χ0) is 17.3. The molecule has 0 fully saturated rings. The Labute approximate surface area is 141 Å². The SMILES string of the molecule is CC[C@@H](C)N1C(=O)c2ccccc2N[C@@H]1c1ccc(OC)c(F)c1. The number of carbonyl (C=O) groups excluding carboxylic acids is 1. The van der Waals surface area contributed by atoms with E-state index in [1.807, 2.05) is 38.1 Å². The Bertz CT molecular complexity index is 763. The normalized spacial score (nSPS) is 17.9. The van der Waals surface area contributed by atoms with Gasteiger partial charge in [0, 0.05) is 11.7 Å². The standard InChI is InChI=1S/C19H21FN2O2/c1-4-12(2)22-18(13-9-10-17(24-3)15(20)11-13)21-16-8-6-5-7-14(16)19(22)23/h5-12,18,21H,4H2,1-3H3/t12-,18+/m1/s1. The minimum Gasteiger partial charge on any atom is -0.494 e. The number of ether oxygens (including phenoxy) is 1. The largest absolute Gasteiger partial charge is 0.494 e. The summed E-state index contributed by atoms with van der Waals surface area (Å²) in [5, 5.41) is 3.37. The molecule has 0 radical (unpaired) electrons. The minimum absolute atomic E-state index is 0.0218.